The SMILES string of the molecule is O=C(O)C1CNCC12C1CCCC2CCC1. The summed E-state index contributed by atoms with van der Waals surface area (Å²) in [4.78, 5) is 11.5. The number of aliphatic carboxylic acids is 1. The zero-order chi connectivity index (χ0) is 11.2. The highest BCUT2D eigenvalue weighted by atomic mass is 16.4. The van der Waals surface area contributed by atoms with E-state index in [9.17, 15) is 9.90 Å². The van der Waals surface area contributed by atoms with Crippen molar-refractivity contribution < 1.29 is 9.90 Å². The van der Waals surface area contributed by atoms with E-state index in [1.165, 1.54) is 38.5 Å². The molecule has 0 amide bonds. The Morgan fingerprint density at radius 1 is 1.12 bits per heavy atom. The molecule has 1 aliphatic heterocycles. The minimum atomic E-state index is -0.566. The maximum Gasteiger partial charge on any atom is 0.308 e. The van der Waals surface area contributed by atoms with E-state index in [0.29, 0.717) is 18.4 Å². The summed E-state index contributed by atoms with van der Waals surface area (Å²) < 4.78 is 0. The summed E-state index contributed by atoms with van der Waals surface area (Å²) in [5.74, 6) is 0.666. The first-order valence-corrected chi connectivity index (χ1v) is 6.68. The van der Waals surface area contributed by atoms with Crippen molar-refractivity contribution in [3.8, 4) is 0 Å². The molecule has 2 N–H and O–H groups in total. The van der Waals surface area contributed by atoms with E-state index < -0.39 is 5.97 Å². The van der Waals surface area contributed by atoms with Crippen LogP contribution in [0.25, 0.3) is 0 Å². The summed E-state index contributed by atoms with van der Waals surface area (Å²) in [6.45, 7) is 1.65. The molecule has 16 heavy (non-hydrogen) atoms. The Hall–Kier alpha value is -0.570. The highest BCUT2D eigenvalue weighted by molar-refractivity contribution is 5.72. The molecular weight excluding hydrogens is 202 g/mol. The van der Waals surface area contributed by atoms with E-state index in [-0.39, 0.29) is 11.3 Å². The van der Waals surface area contributed by atoms with Crippen LogP contribution in [-0.4, -0.2) is 24.2 Å². The van der Waals surface area contributed by atoms with Gasteiger partial charge in [0.25, 0.3) is 0 Å². The van der Waals surface area contributed by atoms with Crippen LogP contribution in [-0.2, 0) is 4.79 Å². The van der Waals surface area contributed by atoms with E-state index in [2.05, 4.69) is 5.32 Å². The first kappa shape index (κ1) is 10.6. The van der Waals surface area contributed by atoms with E-state index >= 15 is 0 Å². The maximum absolute atomic E-state index is 11.5. The third-order valence-electron chi connectivity index (χ3n) is 5.46. The second-order valence-corrected chi connectivity index (χ2v) is 5.89. The molecule has 3 aliphatic rings. The maximum atomic E-state index is 11.5. The van der Waals surface area contributed by atoms with Gasteiger partial charge in [-0.3, -0.25) is 4.79 Å². The van der Waals surface area contributed by atoms with Crippen molar-refractivity contribution in [2.45, 2.75) is 38.5 Å². The van der Waals surface area contributed by atoms with Gasteiger partial charge in [0.1, 0.15) is 0 Å². The monoisotopic (exact) mass is 223 g/mol. The van der Waals surface area contributed by atoms with Crippen molar-refractivity contribution in [2.75, 3.05) is 13.1 Å². The fourth-order valence-corrected chi connectivity index (χ4v) is 4.84. The molecule has 0 radical (unpaired) electrons. The minimum absolute atomic E-state index is 0.113. The van der Waals surface area contributed by atoms with Crippen molar-refractivity contribution in [1.82, 2.24) is 5.32 Å². The molecule has 0 aromatic heterocycles. The molecule has 1 atom stereocenters. The van der Waals surface area contributed by atoms with Crippen LogP contribution in [0.15, 0.2) is 0 Å². The summed E-state index contributed by atoms with van der Waals surface area (Å²) in [5, 5.41) is 12.8. The highest BCUT2D eigenvalue weighted by Crippen LogP contribution is 2.58. The Morgan fingerprint density at radius 3 is 2.19 bits per heavy atom. The number of hydrogen-bond donors (Lipinski definition) is 2. The molecular formula is C13H21NO2. The average molecular weight is 223 g/mol. The van der Waals surface area contributed by atoms with Crippen LogP contribution in [0, 0.1) is 23.2 Å². The van der Waals surface area contributed by atoms with Crippen molar-refractivity contribution in [3.63, 3.8) is 0 Å². The van der Waals surface area contributed by atoms with Crippen LogP contribution in [0.2, 0.25) is 0 Å². The van der Waals surface area contributed by atoms with Crippen LogP contribution in [0.5, 0.6) is 0 Å². The van der Waals surface area contributed by atoms with Crippen LogP contribution in [0.1, 0.15) is 38.5 Å². The van der Waals surface area contributed by atoms with Gasteiger partial charge in [-0.1, -0.05) is 12.8 Å². The van der Waals surface area contributed by atoms with Gasteiger partial charge in [0.05, 0.1) is 5.92 Å². The topological polar surface area (TPSA) is 49.3 Å². The lowest BCUT2D eigenvalue weighted by molar-refractivity contribution is -0.152. The van der Waals surface area contributed by atoms with Crippen LogP contribution >= 0.6 is 0 Å². The van der Waals surface area contributed by atoms with Gasteiger partial charge in [0.2, 0.25) is 0 Å². The predicted molar refractivity (Wildman–Crippen MR) is 61.1 cm³/mol. The second-order valence-electron chi connectivity index (χ2n) is 5.89. The van der Waals surface area contributed by atoms with Gasteiger partial charge in [-0.15, -0.1) is 0 Å². The molecule has 3 nitrogen and oxygen atoms in total. The van der Waals surface area contributed by atoms with E-state index in [1.54, 1.807) is 0 Å². The molecule has 0 aromatic rings. The molecule has 1 spiro atoms. The Labute approximate surface area is 96.6 Å². The molecule has 1 unspecified atom stereocenters. The van der Waals surface area contributed by atoms with Crippen molar-refractivity contribution in [2.24, 2.45) is 23.2 Å². The summed E-state index contributed by atoms with van der Waals surface area (Å²) in [6.07, 6.45) is 7.71. The Kier molecular flexibility index (Phi) is 2.46. The lowest BCUT2D eigenvalue weighted by atomic mass is 9.51. The zero-order valence-electron chi connectivity index (χ0n) is 9.74. The lowest BCUT2D eigenvalue weighted by Crippen LogP contribution is -2.51. The smallest absolute Gasteiger partial charge is 0.308 e. The Bertz CT molecular complexity index is 280. The van der Waals surface area contributed by atoms with E-state index in [4.69, 9.17) is 0 Å². The van der Waals surface area contributed by atoms with E-state index in [0.717, 1.165) is 6.54 Å². The first-order valence-electron chi connectivity index (χ1n) is 6.68. The van der Waals surface area contributed by atoms with Crippen LogP contribution < -0.4 is 5.32 Å². The summed E-state index contributed by atoms with van der Waals surface area (Å²) in [7, 11) is 0. The molecule has 3 fully saturated rings. The lowest BCUT2D eigenvalue weighted by Gasteiger charge is -2.53. The van der Waals surface area contributed by atoms with Crippen molar-refractivity contribution >= 4 is 5.97 Å². The number of nitrogens with one attached hydrogen (secondary N) is 1. The van der Waals surface area contributed by atoms with Crippen molar-refractivity contribution in [3.05, 3.63) is 0 Å². The molecule has 2 saturated carbocycles. The molecule has 90 valence electrons. The van der Waals surface area contributed by atoms with Gasteiger partial charge < -0.3 is 10.4 Å². The summed E-state index contributed by atoms with van der Waals surface area (Å²) >= 11 is 0. The predicted octanol–water partition coefficient (Wildman–Crippen LogP) is 1.88. The number of carbonyl (C=O) groups is 1. The standard InChI is InChI=1S/C13H21NO2/c15-12(16)11-7-14-8-13(11)9-3-1-4-10(13)6-2-5-9/h9-11,14H,1-8H2,(H,15,16). The van der Waals surface area contributed by atoms with Crippen LogP contribution in [0.3, 0.4) is 0 Å². The second kappa shape index (κ2) is 3.73. The zero-order valence-corrected chi connectivity index (χ0v) is 9.74. The Balaban J connectivity index is 1.97. The van der Waals surface area contributed by atoms with Gasteiger partial charge in [0, 0.05) is 18.5 Å². The van der Waals surface area contributed by atoms with Crippen LogP contribution in [0.4, 0.5) is 0 Å². The third kappa shape index (κ3) is 1.27. The number of carboxylic acid groups (broad SMARTS) is 1. The molecule has 2 bridgehead atoms. The van der Waals surface area contributed by atoms with Gasteiger partial charge in [-0.05, 0) is 37.5 Å². The van der Waals surface area contributed by atoms with Crippen molar-refractivity contribution in [1.29, 1.82) is 0 Å². The normalized spacial score (nSPS) is 47.1. The van der Waals surface area contributed by atoms with E-state index in [1.807, 2.05) is 0 Å². The quantitative estimate of drug-likeness (QED) is 0.713. The number of hydrogen-bond acceptors (Lipinski definition) is 2. The fraction of sp³-hybridized carbons (Fsp3) is 0.923. The molecule has 0 aromatic carbocycles. The molecule has 1 saturated heterocycles. The summed E-state index contributed by atoms with van der Waals surface area (Å²) in [6, 6.07) is 0. The van der Waals surface area contributed by atoms with Gasteiger partial charge >= 0.3 is 5.97 Å². The van der Waals surface area contributed by atoms with Gasteiger partial charge in [-0.2, -0.15) is 0 Å². The summed E-state index contributed by atoms with van der Waals surface area (Å²) in [5.41, 5.74) is 0.113. The molecule has 3 heteroatoms. The largest absolute Gasteiger partial charge is 0.481 e. The number of carboxylic acids is 1. The average Bonchev–Trinajstić information content (AvgIpc) is 2.62. The van der Waals surface area contributed by atoms with Gasteiger partial charge in [-0.25, -0.2) is 0 Å². The first-order chi connectivity index (χ1) is 7.75. The van der Waals surface area contributed by atoms with Gasteiger partial charge in [0.15, 0.2) is 0 Å². The molecule has 1 heterocycles. The third-order valence-corrected chi connectivity index (χ3v) is 5.46. The molecule has 2 aliphatic carbocycles. The number of rotatable bonds is 1. The highest BCUT2D eigenvalue weighted by Gasteiger charge is 2.58. The Morgan fingerprint density at radius 2 is 1.69 bits per heavy atom. The molecule has 3 rings (SSSR count). The fourth-order valence-electron chi connectivity index (χ4n) is 4.84. The minimum Gasteiger partial charge on any atom is -0.481 e.